The van der Waals surface area contributed by atoms with Gasteiger partial charge in [-0.15, -0.1) is 0 Å². The van der Waals surface area contributed by atoms with Crippen LogP contribution in [0.2, 0.25) is 0 Å². The minimum Gasteiger partial charge on any atom is -0.457 e. The zero-order valence-electron chi connectivity index (χ0n) is 32.3. The standard InChI is InChI=1S/C50H53NO/c1-9-35-24-25-36-16-11-13-20-42(36)46(35)49(4,5)40(10-2)29-26-38-18-15-19-39(48(38)52-41-30-22-34(3)23-31-41)28-33-45-50(6,7)47-43-21-14-12-17-37(43)27-32-44(47)51(45)8/h10-14,16-17,20-33H,9,15,18-19H2,1-8H3/b29-26+,39-28+,40-10+,45-33+. The van der Waals surface area contributed by atoms with Crippen LogP contribution in [-0.4, -0.2) is 7.05 Å². The van der Waals surface area contributed by atoms with Gasteiger partial charge in [-0.3, -0.25) is 0 Å². The van der Waals surface area contributed by atoms with Gasteiger partial charge in [-0.1, -0.05) is 143 Å². The molecule has 1 aliphatic heterocycles. The first-order chi connectivity index (χ1) is 25.0. The largest absolute Gasteiger partial charge is 0.457 e. The van der Waals surface area contributed by atoms with Crippen molar-refractivity contribution in [1.82, 2.24) is 0 Å². The van der Waals surface area contributed by atoms with E-state index in [4.69, 9.17) is 4.74 Å². The Morgan fingerprint density at radius 1 is 0.827 bits per heavy atom. The van der Waals surface area contributed by atoms with Gasteiger partial charge < -0.3 is 9.64 Å². The first kappa shape index (κ1) is 35.3. The van der Waals surface area contributed by atoms with Gasteiger partial charge in [0.25, 0.3) is 0 Å². The second-order valence-electron chi connectivity index (χ2n) is 15.6. The highest BCUT2D eigenvalue weighted by Gasteiger charge is 2.39. The van der Waals surface area contributed by atoms with E-state index in [2.05, 4.69) is 188 Å². The lowest BCUT2D eigenvalue weighted by Gasteiger charge is -2.31. The third-order valence-electron chi connectivity index (χ3n) is 11.6. The van der Waals surface area contributed by atoms with E-state index in [1.54, 1.807) is 0 Å². The fourth-order valence-corrected chi connectivity index (χ4v) is 8.80. The molecular weight excluding hydrogens is 631 g/mol. The summed E-state index contributed by atoms with van der Waals surface area (Å²) in [6.07, 6.45) is 15.7. The van der Waals surface area contributed by atoms with Gasteiger partial charge in [0, 0.05) is 29.3 Å². The van der Waals surface area contributed by atoms with Crippen molar-refractivity contribution >= 4 is 27.2 Å². The van der Waals surface area contributed by atoms with Crippen LogP contribution in [0.3, 0.4) is 0 Å². The maximum absolute atomic E-state index is 6.88. The molecule has 264 valence electrons. The Kier molecular flexibility index (Phi) is 9.61. The van der Waals surface area contributed by atoms with Crippen molar-refractivity contribution in [3.05, 3.63) is 178 Å². The topological polar surface area (TPSA) is 12.5 Å². The first-order valence-electron chi connectivity index (χ1n) is 19.1. The molecule has 0 N–H and O–H groups in total. The fraction of sp³-hybridized carbons (Fsp3) is 0.280. The number of ether oxygens (including phenoxy) is 1. The Bertz CT molecular complexity index is 2300. The van der Waals surface area contributed by atoms with Gasteiger partial charge in [-0.25, -0.2) is 0 Å². The van der Waals surface area contributed by atoms with Crippen LogP contribution in [0.4, 0.5) is 5.69 Å². The number of hydrogen-bond acceptors (Lipinski definition) is 2. The Labute approximate surface area is 311 Å². The van der Waals surface area contributed by atoms with E-state index in [1.807, 2.05) is 0 Å². The quantitative estimate of drug-likeness (QED) is 0.151. The monoisotopic (exact) mass is 683 g/mol. The molecule has 5 aromatic carbocycles. The fourth-order valence-electron chi connectivity index (χ4n) is 8.80. The number of anilines is 1. The zero-order valence-corrected chi connectivity index (χ0v) is 32.3. The lowest BCUT2D eigenvalue weighted by Crippen LogP contribution is -2.23. The number of aryl methyl sites for hydroxylation is 2. The number of hydrogen-bond donors (Lipinski definition) is 0. The molecule has 2 aliphatic rings. The molecule has 0 saturated heterocycles. The molecule has 0 saturated carbocycles. The van der Waals surface area contributed by atoms with Crippen LogP contribution in [0, 0.1) is 6.92 Å². The molecule has 2 heteroatoms. The molecule has 7 rings (SSSR count). The molecule has 0 radical (unpaired) electrons. The summed E-state index contributed by atoms with van der Waals surface area (Å²) in [6.45, 7) is 16.1. The van der Waals surface area contributed by atoms with E-state index in [-0.39, 0.29) is 10.8 Å². The Morgan fingerprint density at radius 2 is 1.50 bits per heavy atom. The molecule has 0 bridgehead atoms. The number of likely N-dealkylation sites (N-methyl/N-ethyl adjacent to an activating group) is 1. The van der Waals surface area contributed by atoms with Gasteiger partial charge in [0.05, 0.1) is 0 Å². The molecule has 5 aromatic rings. The van der Waals surface area contributed by atoms with Crippen molar-refractivity contribution in [3.63, 3.8) is 0 Å². The summed E-state index contributed by atoms with van der Waals surface area (Å²) >= 11 is 0. The smallest absolute Gasteiger partial charge is 0.133 e. The number of allylic oxidation sites excluding steroid dienone is 9. The van der Waals surface area contributed by atoms with Gasteiger partial charge in [0.1, 0.15) is 11.5 Å². The molecule has 0 aromatic heterocycles. The summed E-state index contributed by atoms with van der Waals surface area (Å²) in [6, 6.07) is 35.2. The van der Waals surface area contributed by atoms with E-state index in [1.165, 1.54) is 71.9 Å². The van der Waals surface area contributed by atoms with Crippen LogP contribution in [0.1, 0.15) is 83.1 Å². The van der Waals surface area contributed by atoms with Gasteiger partial charge in [-0.05, 0) is 119 Å². The van der Waals surface area contributed by atoms with Crippen molar-refractivity contribution in [2.75, 3.05) is 11.9 Å². The van der Waals surface area contributed by atoms with Crippen LogP contribution < -0.4 is 9.64 Å². The van der Waals surface area contributed by atoms with Crippen molar-refractivity contribution in [3.8, 4) is 5.75 Å². The number of nitrogens with zero attached hydrogens (tertiary/aromatic N) is 1. The van der Waals surface area contributed by atoms with E-state index >= 15 is 0 Å². The van der Waals surface area contributed by atoms with Gasteiger partial charge in [-0.2, -0.15) is 0 Å². The van der Waals surface area contributed by atoms with E-state index in [0.29, 0.717) is 0 Å². The molecule has 52 heavy (non-hydrogen) atoms. The van der Waals surface area contributed by atoms with Crippen LogP contribution >= 0.6 is 0 Å². The summed E-state index contributed by atoms with van der Waals surface area (Å²) in [4.78, 5) is 2.38. The normalized spacial score (nSPS) is 18.0. The highest BCUT2D eigenvalue weighted by atomic mass is 16.5. The molecule has 0 unspecified atom stereocenters. The Hall–Kier alpha value is -5.08. The van der Waals surface area contributed by atoms with Crippen LogP contribution in [0.5, 0.6) is 5.75 Å². The number of benzene rings is 5. The van der Waals surface area contributed by atoms with Gasteiger partial charge >= 0.3 is 0 Å². The summed E-state index contributed by atoms with van der Waals surface area (Å²) in [7, 11) is 2.21. The summed E-state index contributed by atoms with van der Waals surface area (Å²) < 4.78 is 6.88. The van der Waals surface area contributed by atoms with Crippen molar-refractivity contribution in [1.29, 1.82) is 0 Å². The molecule has 1 aliphatic carbocycles. The lowest BCUT2D eigenvalue weighted by atomic mass is 9.72. The van der Waals surface area contributed by atoms with E-state index in [9.17, 15) is 0 Å². The van der Waals surface area contributed by atoms with Crippen LogP contribution in [-0.2, 0) is 17.3 Å². The minimum atomic E-state index is -0.189. The van der Waals surface area contributed by atoms with E-state index < -0.39 is 0 Å². The van der Waals surface area contributed by atoms with Crippen LogP contribution in [0.25, 0.3) is 21.5 Å². The molecule has 0 fully saturated rings. The molecule has 0 amide bonds. The predicted molar refractivity (Wildman–Crippen MR) is 223 cm³/mol. The van der Waals surface area contributed by atoms with Gasteiger partial charge in [0.15, 0.2) is 0 Å². The molecule has 0 atom stereocenters. The second-order valence-corrected chi connectivity index (χ2v) is 15.6. The predicted octanol–water partition coefficient (Wildman–Crippen LogP) is 13.4. The highest BCUT2D eigenvalue weighted by Crippen LogP contribution is 2.50. The zero-order chi connectivity index (χ0) is 36.6. The highest BCUT2D eigenvalue weighted by molar-refractivity contribution is 5.95. The van der Waals surface area contributed by atoms with Crippen molar-refractivity contribution < 1.29 is 4.74 Å². The number of rotatable bonds is 8. The molecule has 0 spiro atoms. The van der Waals surface area contributed by atoms with E-state index in [0.717, 1.165) is 37.2 Å². The maximum Gasteiger partial charge on any atom is 0.133 e. The average Bonchev–Trinajstić information content (AvgIpc) is 3.35. The average molecular weight is 684 g/mol. The molecular formula is C50H53NO. The third-order valence-corrected chi connectivity index (χ3v) is 11.6. The summed E-state index contributed by atoms with van der Waals surface area (Å²) in [5, 5.41) is 5.26. The minimum absolute atomic E-state index is 0.146. The van der Waals surface area contributed by atoms with Crippen molar-refractivity contribution in [2.45, 2.75) is 85.0 Å². The summed E-state index contributed by atoms with van der Waals surface area (Å²) in [5.74, 6) is 1.86. The SMILES string of the molecule is C/C=C(\C=C\C1=C(Oc2ccc(C)cc2)C(=C/C=C2/N(C)c3ccc4ccccc4c3C2(C)C)/CCC1)C(C)(C)c1c(CC)ccc2ccccc12. The summed E-state index contributed by atoms with van der Waals surface area (Å²) in [5.41, 5.74) is 11.5. The van der Waals surface area contributed by atoms with Gasteiger partial charge in [0.2, 0.25) is 0 Å². The maximum atomic E-state index is 6.88. The molecule has 2 nitrogen and oxygen atoms in total. The Balaban J connectivity index is 1.30. The lowest BCUT2D eigenvalue weighted by molar-refractivity contribution is 0.415. The van der Waals surface area contributed by atoms with Crippen LogP contribution in [0.15, 0.2) is 156 Å². The third kappa shape index (κ3) is 6.34. The van der Waals surface area contributed by atoms with Crippen molar-refractivity contribution in [2.24, 2.45) is 0 Å². The molecule has 1 heterocycles. The first-order valence-corrected chi connectivity index (χ1v) is 19.1. The Morgan fingerprint density at radius 3 is 2.21 bits per heavy atom. The second kappa shape index (κ2) is 14.2. The number of fused-ring (bicyclic) bond motifs is 4.